The van der Waals surface area contributed by atoms with Crippen molar-refractivity contribution in [3.05, 3.63) is 0 Å². The molecule has 0 unspecified atom stereocenters. The van der Waals surface area contributed by atoms with Crippen molar-refractivity contribution in [3.8, 4) is 0 Å². The van der Waals surface area contributed by atoms with Gasteiger partial charge in [-0.15, -0.1) is 0 Å². The van der Waals surface area contributed by atoms with Crippen LogP contribution in [-0.2, 0) is 0 Å². The summed E-state index contributed by atoms with van der Waals surface area (Å²) in [5.74, 6) is 0.302. The number of nitrogens with one attached hydrogen (secondary N) is 1. The van der Waals surface area contributed by atoms with Crippen molar-refractivity contribution in [2.75, 3.05) is 6.54 Å². The van der Waals surface area contributed by atoms with E-state index >= 15 is 0 Å². The van der Waals surface area contributed by atoms with Gasteiger partial charge in [-0.05, 0) is 18.8 Å². The van der Waals surface area contributed by atoms with Gasteiger partial charge in [-0.3, -0.25) is 5.32 Å². The Balaban J connectivity index is 3.78. The maximum atomic E-state index is 12.2. The first kappa shape index (κ1) is 13.6. The van der Waals surface area contributed by atoms with E-state index in [2.05, 4.69) is 0 Å². The summed E-state index contributed by atoms with van der Waals surface area (Å²) in [6.45, 7) is 3.43. The van der Waals surface area contributed by atoms with Crippen LogP contribution >= 0.6 is 0 Å². The lowest BCUT2D eigenvalue weighted by atomic mass is 10.1. The van der Waals surface area contributed by atoms with E-state index in [0.717, 1.165) is 0 Å². The van der Waals surface area contributed by atoms with Crippen molar-refractivity contribution in [3.63, 3.8) is 0 Å². The lowest BCUT2D eigenvalue weighted by Crippen LogP contribution is -2.49. The predicted molar refractivity (Wildman–Crippen MR) is 43.1 cm³/mol. The van der Waals surface area contributed by atoms with Crippen LogP contribution in [0.2, 0.25) is 0 Å². The zero-order chi connectivity index (χ0) is 11.4. The maximum absolute atomic E-state index is 12.2. The lowest BCUT2D eigenvalue weighted by molar-refractivity contribution is -0.295. The van der Waals surface area contributed by atoms with E-state index in [4.69, 9.17) is 0 Å². The molecule has 1 nitrogen and oxygen atoms in total. The minimum atomic E-state index is -5.51. The molecular weight excluding hydrogens is 205 g/mol. The second-order valence-corrected chi connectivity index (χ2v) is 3.54. The molecule has 0 amide bonds. The van der Waals surface area contributed by atoms with Crippen molar-refractivity contribution in [1.29, 1.82) is 0 Å². The Labute approximate surface area is 79.7 Å². The Morgan fingerprint density at radius 1 is 1.07 bits per heavy atom. The Hall–Kier alpha value is -0.390. The summed E-state index contributed by atoms with van der Waals surface area (Å²) in [6, 6.07) is -4.77. The van der Waals surface area contributed by atoms with Gasteiger partial charge in [-0.2, -0.15) is 22.0 Å². The number of rotatable bonds is 5. The molecule has 86 valence electrons. The molecule has 0 bridgehead atoms. The second-order valence-electron chi connectivity index (χ2n) is 3.54. The molecule has 0 aromatic carbocycles. The molecule has 0 aromatic rings. The van der Waals surface area contributed by atoms with Crippen LogP contribution in [0, 0.1) is 5.92 Å². The van der Waals surface area contributed by atoms with Crippen LogP contribution in [0.25, 0.3) is 0 Å². The average molecular weight is 219 g/mol. The van der Waals surface area contributed by atoms with Gasteiger partial charge in [0.1, 0.15) is 0 Å². The van der Waals surface area contributed by atoms with Crippen LogP contribution in [0.5, 0.6) is 0 Å². The van der Waals surface area contributed by atoms with Gasteiger partial charge < -0.3 is 0 Å². The Kier molecular flexibility index (Phi) is 4.77. The third-order valence-electron chi connectivity index (χ3n) is 1.66. The van der Waals surface area contributed by atoms with Crippen LogP contribution in [0.1, 0.15) is 26.7 Å². The number of alkyl halides is 5. The molecular formula is C8H14F5N. The second kappa shape index (κ2) is 4.91. The molecule has 0 radical (unpaired) electrons. The van der Waals surface area contributed by atoms with Gasteiger partial charge in [0, 0.05) is 6.54 Å². The van der Waals surface area contributed by atoms with Crippen LogP contribution in [-0.4, -0.2) is 18.8 Å². The Bertz CT molecular complexity index is 164. The first-order valence-corrected chi connectivity index (χ1v) is 4.36. The molecule has 14 heavy (non-hydrogen) atoms. The first-order valence-electron chi connectivity index (χ1n) is 4.36. The van der Waals surface area contributed by atoms with Crippen LogP contribution < -0.4 is 5.32 Å². The highest BCUT2D eigenvalue weighted by Crippen LogP contribution is 2.32. The van der Waals surface area contributed by atoms with E-state index in [1.165, 1.54) is 5.32 Å². The van der Waals surface area contributed by atoms with E-state index in [1.54, 1.807) is 0 Å². The van der Waals surface area contributed by atoms with Crippen molar-refractivity contribution in [2.45, 2.75) is 38.9 Å². The van der Waals surface area contributed by atoms with Crippen LogP contribution in [0.3, 0.4) is 0 Å². The van der Waals surface area contributed by atoms with Gasteiger partial charge in [0.25, 0.3) is 0 Å². The summed E-state index contributed by atoms with van der Waals surface area (Å²) < 4.78 is 59.3. The molecule has 0 heterocycles. The van der Waals surface area contributed by atoms with Crippen molar-refractivity contribution < 1.29 is 22.0 Å². The van der Waals surface area contributed by atoms with E-state index in [9.17, 15) is 22.0 Å². The van der Waals surface area contributed by atoms with Gasteiger partial charge >= 0.3 is 12.2 Å². The molecule has 0 fully saturated rings. The smallest absolute Gasteiger partial charge is 0.250 e. The predicted octanol–water partition coefficient (Wildman–Crippen LogP) is 3.17. The quantitative estimate of drug-likeness (QED) is 0.425. The largest absolute Gasteiger partial charge is 0.469 e. The zero-order valence-electron chi connectivity index (χ0n) is 8.09. The van der Waals surface area contributed by atoms with Crippen molar-refractivity contribution in [2.24, 2.45) is 5.92 Å². The standard InChI is InChI=1S/C8H14F5N/c1-6(2)4-3-5-14-8(12,13)7(9,10)11/h6,14H,3-5H2,1-2H3. The molecule has 1 N–H and O–H groups in total. The molecule has 0 aromatic heterocycles. The van der Waals surface area contributed by atoms with E-state index in [0.29, 0.717) is 18.8 Å². The van der Waals surface area contributed by atoms with Crippen LogP contribution in [0.15, 0.2) is 0 Å². The molecule has 0 aliphatic heterocycles. The summed E-state index contributed by atoms with van der Waals surface area (Å²) in [4.78, 5) is 0. The summed E-state index contributed by atoms with van der Waals surface area (Å²) in [6.07, 6.45) is -4.57. The molecule has 0 saturated carbocycles. The summed E-state index contributed by atoms with van der Waals surface area (Å²) in [5.41, 5.74) is 0. The Morgan fingerprint density at radius 3 is 1.93 bits per heavy atom. The fourth-order valence-electron chi connectivity index (χ4n) is 0.856. The van der Waals surface area contributed by atoms with Crippen LogP contribution in [0.4, 0.5) is 22.0 Å². The average Bonchev–Trinajstić information content (AvgIpc) is 1.95. The number of hydrogen-bond donors (Lipinski definition) is 1. The summed E-state index contributed by atoms with van der Waals surface area (Å²) >= 11 is 0. The van der Waals surface area contributed by atoms with Crippen molar-refractivity contribution in [1.82, 2.24) is 5.32 Å². The highest BCUT2D eigenvalue weighted by Gasteiger charge is 2.57. The van der Waals surface area contributed by atoms with Gasteiger partial charge in [-0.25, -0.2) is 0 Å². The van der Waals surface area contributed by atoms with Gasteiger partial charge in [0.15, 0.2) is 0 Å². The topological polar surface area (TPSA) is 12.0 Å². The Morgan fingerprint density at radius 2 is 1.57 bits per heavy atom. The molecule has 0 rings (SSSR count). The minimum Gasteiger partial charge on any atom is -0.250 e. The SMILES string of the molecule is CC(C)CCCNC(F)(F)C(F)(F)F. The fourth-order valence-corrected chi connectivity index (χ4v) is 0.856. The van der Waals surface area contributed by atoms with Crippen molar-refractivity contribution >= 4 is 0 Å². The third kappa shape index (κ3) is 4.74. The molecule has 6 heteroatoms. The lowest BCUT2D eigenvalue weighted by Gasteiger charge is -2.20. The molecule has 0 aliphatic carbocycles. The molecule has 0 saturated heterocycles. The first-order chi connectivity index (χ1) is 6.17. The summed E-state index contributed by atoms with van der Waals surface area (Å²) in [5, 5.41) is 1.20. The van der Waals surface area contributed by atoms with E-state index in [-0.39, 0.29) is 6.54 Å². The zero-order valence-corrected chi connectivity index (χ0v) is 8.09. The summed E-state index contributed by atoms with van der Waals surface area (Å²) in [7, 11) is 0. The molecule has 0 spiro atoms. The highest BCUT2D eigenvalue weighted by molar-refractivity contribution is 4.72. The third-order valence-corrected chi connectivity index (χ3v) is 1.66. The molecule has 0 aliphatic rings. The number of halogens is 5. The van der Waals surface area contributed by atoms with Gasteiger partial charge in [0.2, 0.25) is 0 Å². The number of hydrogen-bond acceptors (Lipinski definition) is 1. The maximum Gasteiger partial charge on any atom is 0.469 e. The highest BCUT2D eigenvalue weighted by atomic mass is 19.4. The monoisotopic (exact) mass is 219 g/mol. The van der Waals surface area contributed by atoms with Gasteiger partial charge in [0.05, 0.1) is 0 Å². The fraction of sp³-hybridized carbons (Fsp3) is 1.00. The van der Waals surface area contributed by atoms with E-state index < -0.39 is 12.2 Å². The molecule has 0 atom stereocenters. The normalized spacial score (nSPS) is 13.7. The van der Waals surface area contributed by atoms with E-state index in [1.807, 2.05) is 13.8 Å². The minimum absolute atomic E-state index is 0.302. The van der Waals surface area contributed by atoms with Gasteiger partial charge in [-0.1, -0.05) is 13.8 Å².